The predicted octanol–water partition coefficient (Wildman–Crippen LogP) is 6.01. The van der Waals surface area contributed by atoms with Gasteiger partial charge in [-0.2, -0.15) is 0 Å². The number of halogens is 1. The molecule has 0 aliphatic carbocycles. The molecule has 0 N–H and O–H groups in total. The van der Waals surface area contributed by atoms with Crippen LogP contribution in [0.2, 0.25) is 5.02 Å². The lowest BCUT2D eigenvalue weighted by Gasteiger charge is -2.31. The maximum Gasteiger partial charge on any atom is 0.340 e. The fourth-order valence-electron chi connectivity index (χ4n) is 4.11. The van der Waals surface area contributed by atoms with E-state index in [0.29, 0.717) is 35.9 Å². The highest BCUT2D eigenvalue weighted by atomic mass is 35.5. The molecule has 0 saturated carbocycles. The van der Waals surface area contributed by atoms with Gasteiger partial charge in [0, 0.05) is 28.1 Å². The summed E-state index contributed by atoms with van der Waals surface area (Å²) >= 11 is 6.33. The highest BCUT2D eigenvalue weighted by Gasteiger charge is 2.24. The molecule has 1 aromatic heterocycles. The summed E-state index contributed by atoms with van der Waals surface area (Å²) in [4.78, 5) is 15.0. The third-order valence-electron chi connectivity index (χ3n) is 5.98. The summed E-state index contributed by atoms with van der Waals surface area (Å²) in [7, 11) is 0. The van der Waals surface area contributed by atoms with Crippen molar-refractivity contribution in [1.29, 1.82) is 0 Å². The molecular weight excluding hydrogens is 410 g/mol. The van der Waals surface area contributed by atoms with Crippen molar-refractivity contribution >= 4 is 28.3 Å². The molecule has 31 heavy (non-hydrogen) atoms. The average Bonchev–Trinajstić information content (AvgIpc) is 2.79. The average molecular weight is 432 g/mol. The molecule has 5 rings (SSSR count). The van der Waals surface area contributed by atoms with Gasteiger partial charge in [-0.15, -0.1) is 0 Å². The summed E-state index contributed by atoms with van der Waals surface area (Å²) in [5, 5.41) is 1.66. The Morgan fingerprint density at radius 2 is 1.84 bits per heavy atom. The second-order valence-electron chi connectivity index (χ2n) is 7.98. The van der Waals surface area contributed by atoms with Gasteiger partial charge in [0.1, 0.15) is 11.3 Å². The van der Waals surface area contributed by atoms with Crippen LogP contribution in [0.4, 0.5) is 5.69 Å². The Morgan fingerprint density at radius 3 is 2.61 bits per heavy atom. The summed E-state index contributed by atoms with van der Waals surface area (Å²) in [5.41, 5.74) is 5.91. The Hall–Kier alpha value is -3.24. The van der Waals surface area contributed by atoms with Crippen LogP contribution >= 0.6 is 11.6 Å². The van der Waals surface area contributed by atoms with E-state index in [2.05, 4.69) is 4.90 Å². The lowest BCUT2D eigenvalue weighted by molar-refractivity contribution is 0.289. The molecule has 1 aliphatic rings. The minimum absolute atomic E-state index is 0.294. The van der Waals surface area contributed by atoms with Gasteiger partial charge in [-0.1, -0.05) is 48.0 Å². The van der Waals surface area contributed by atoms with E-state index in [1.165, 1.54) is 0 Å². The molecule has 1 aliphatic heterocycles. The van der Waals surface area contributed by atoms with E-state index in [1.807, 2.05) is 74.5 Å². The number of ether oxygens (including phenoxy) is 1. The third-order valence-corrected chi connectivity index (χ3v) is 6.39. The van der Waals surface area contributed by atoms with E-state index in [9.17, 15) is 4.79 Å². The van der Waals surface area contributed by atoms with Crippen LogP contribution in [0.1, 0.15) is 27.8 Å². The molecule has 0 bridgehead atoms. The number of hydrogen-bond donors (Lipinski definition) is 0. The van der Waals surface area contributed by atoms with Crippen molar-refractivity contribution in [1.82, 2.24) is 0 Å². The molecule has 156 valence electrons. The smallest absolute Gasteiger partial charge is 0.340 e. The van der Waals surface area contributed by atoms with Crippen LogP contribution in [0.25, 0.3) is 11.0 Å². The van der Waals surface area contributed by atoms with E-state index in [0.717, 1.165) is 39.1 Å². The van der Waals surface area contributed by atoms with Crippen molar-refractivity contribution in [3.63, 3.8) is 0 Å². The minimum atomic E-state index is -0.294. The van der Waals surface area contributed by atoms with Crippen molar-refractivity contribution in [3.8, 4) is 5.75 Å². The van der Waals surface area contributed by atoms with Crippen LogP contribution in [0.15, 0.2) is 69.9 Å². The summed E-state index contributed by atoms with van der Waals surface area (Å²) in [6.45, 7) is 4.96. The number of nitrogens with zero attached hydrogens (tertiary/aromatic N) is 1. The van der Waals surface area contributed by atoms with Gasteiger partial charge in [0.2, 0.25) is 0 Å². The summed E-state index contributed by atoms with van der Waals surface area (Å²) in [5.74, 6) is 0.750. The molecule has 5 heteroatoms. The highest BCUT2D eigenvalue weighted by Crippen LogP contribution is 2.36. The molecule has 0 atom stereocenters. The Kier molecular flexibility index (Phi) is 4.95. The monoisotopic (exact) mass is 431 g/mol. The van der Waals surface area contributed by atoms with Gasteiger partial charge >= 0.3 is 5.63 Å². The summed E-state index contributed by atoms with van der Waals surface area (Å²) in [6.07, 6.45) is 0.548. The molecule has 4 nitrogen and oxygen atoms in total. The van der Waals surface area contributed by atoms with Crippen molar-refractivity contribution < 1.29 is 9.15 Å². The largest absolute Gasteiger partial charge is 0.473 e. The van der Waals surface area contributed by atoms with Gasteiger partial charge in [-0.05, 0) is 54.8 Å². The number of hydrogen-bond acceptors (Lipinski definition) is 4. The molecular formula is C26H22ClNO3. The van der Waals surface area contributed by atoms with Crippen molar-refractivity contribution in [3.05, 3.63) is 104 Å². The van der Waals surface area contributed by atoms with Crippen LogP contribution in [-0.4, -0.2) is 6.73 Å². The van der Waals surface area contributed by atoms with Crippen LogP contribution in [0, 0.1) is 13.8 Å². The normalized spacial score (nSPS) is 13.2. The van der Waals surface area contributed by atoms with Crippen molar-refractivity contribution in [2.24, 2.45) is 0 Å². The van der Waals surface area contributed by atoms with E-state index >= 15 is 0 Å². The second kappa shape index (κ2) is 7.78. The lowest BCUT2D eigenvalue weighted by Crippen LogP contribution is -2.32. The first-order chi connectivity index (χ1) is 15.0. The van der Waals surface area contributed by atoms with Crippen LogP contribution in [0.5, 0.6) is 5.75 Å². The number of benzene rings is 3. The summed E-state index contributed by atoms with van der Waals surface area (Å²) in [6, 6.07) is 19.9. The maximum absolute atomic E-state index is 12.9. The Balaban J connectivity index is 1.57. The molecule has 0 radical (unpaired) electrons. The molecule has 3 aromatic carbocycles. The first-order valence-electron chi connectivity index (χ1n) is 10.3. The van der Waals surface area contributed by atoms with Gasteiger partial charge in [-0.3, -0.25) is 0 Å². The molecule has 0 saturated heterocycles. The quantitative estimate of drug-likeness (QED) is 0.372. The fourth-order valence-corrected chi connectivity index (χ4v) is 4.28. The zero-order valence-corrected chi connectivity index (χ0v) is 18.2. The second-order valence-corrected chi connectivity index (χ2v) is 8.39. The molecule has 0 spiro atoms. The molecule has 0 unspecified atom stereocenters. The topological polar surface area (TPSA) is 42.7 Å². The van der Waals surface area contributed by atoms with Crippen LogP contribution < -0.4 is 15.3 Å². The lowest BCUT2D eigenvalue weighted by atomic mass is 9.97. The zero-order chi connectivity index (χ0) is 21.5. The Morgan fingerprint density at radius 1 is 1.03 bits per heavy atom. The van der Waals surface area contributed by atoms with E-state index < -0.39 is 0 Å². The van der Waals surface area contributed by atoms with Crippen molar-refractivity contribution in [2.45, 2.75) is 26.8 Å². The third kappa shape index (κ3) is 3.57. The van der Waals surface area contributed by atoms with E-state index in [4.69, 9.17) is 20.8 Å². The molecule has 0 fully saturated rings. The van der Waals surface area contributed by atoms with Gasteiger partial charge in [0.05, 0.1) is 12.1 Å². The highest BCUT2D eigenvalue weighted by molar-refractivity contribution is 6.31. The van der Waals surface area contributed by atoms with Gasteiger partial charge < -0.3 is 14.1 Å². The number of aryl methyl sites for hydroxylation is 2. The number of anilines is 1. The summed E-state index contributed by atoms with van der Waals surface area (Å²) < 4.78 is 11.9. The van der Waals surface area contributed by atoms with E-state index in [1.54, 1.807) is 0 Å². The first-order valence-corrected chi connectivity index (χ1v) is 10.6. The van der Waals surface area contributed by atoms with Crippen LogP contribution in [-0.2, 0) is 13.0 Å². The standard InChI is InChI=1S/C26H22ClNO3/c1-16-8-9-19(13-23(16)27)28-14-22-24(30-15-28)11-10-20-17(2)21(26(29)31-25(20)22)12-18-6-4-3-5-7-18/h3-11,13H,12,14-15H2,1-2H3. The number of rotatable bonds is 3. The number of fused-ring (bicyclic) bond motifs is 3. The molecule has 2 heterocycles. The van der Waals surface area contributed by atoms with Gasteiger partial charge in [0.15, 0.2) is 6.73 Å². The Labute approximate surface area is 185 Å². The molecule has 0 amide bonds. The predicted molar refractivity (Wildman–Crippen MR) is 124 cm³/mol. The fraction of sp³-hybridized carbons (Fsp3) is 0.192. The first kappa shape index (κ1) is 19.7. The Bertz CT molecular complexity index is 1340. The zero-order valence-electron chi connectivity index (χ0n) is 17.4. The SMILES string of the molecule is Cc1ccc(N2COc3ccc4c(C)c(Cc5ccccc5)c(=O)oc4c3C2)cc1Cl. The van der Waals surface area contributed by atoms with Gasteiger partial charge in [-0.25, -0.2) is 4.79 Å². The minimum Gasteiger partial charge on any atom is -0.473 e. The van der Waals surface area contributed by atoms with Crippen molar-refractivity contribution in [2.75, 3.05) is 11.6 Å². The van der Waals surface area contributed by atoms with Gasteiger partial charge in [0.25, 0.3) is 0 Å². The van der Waals surface area contributed by atoms with E-state index in [-0.39, 0.29) is 5.63 Å². The van der Waals surface area contributed by atoms with Crippen LogP contribution in [0.3, 0.4) is 0 Å². The molecule has 4 aromatic rings. The maximum atomic E-state index is 12.9.